The van der Waals surface area contributed by atoms with Crippen LogP contribution >= 0.6 is 0 Å². The smallest absolute Gasteiger partial charge is 0.227 e. The Balaban J connectivity index is 1.72. The van der Waals surface area contributed by atoms with Crippen LogP contribution in [0.25, 0.3) is 0 Å². The number of quaternary nitrogens is 1. The Kier molecular flexibility index (Phi) is 5.06. The maximum absolute atomic E-state index is 12.1. The van der Waals surface area contributed by atoms with Crippen molar-refractivity contribution in [3.63, 3.8) is 0 Å². The van der Waals surface area contributed by atoms with E-state index in [0.29, 0.717) is 23.7 Å². The lowest BCUT2D eigenvalue weighted by molar-refractivity contribution is -0.902. The van der Waals surface area contributed by atoms with Gasteiger partial charge in [-0.3, -0.25) is 0 Å². The highest BCUT2D eigenvalue weighted by Gasteiger charge is 2.26. The normalized spacial score (nSPS) is 19.6. The molecule has 2 aromatic rings. The molecule has 0 radical (unpaired) electrons. The van der Waals surface area contributed by atoms with Gasteiger partial charge in [0.25, 0.3) is 0 Å². The average Bonchev–Trinajstić information content (AvgIpc) is 2.60. The summed E-state index contributed by atoms with van der Waals surface area (Å²) in [6, 6.07) is 13.2. The van der Waals surface area contributed by atoms with Crippen molar-refractivity contribution in [1.82, 2.24) is 4.98 Å². The van der Waals surface area contributed by atoms with Gasteiger partial charge < -0.3 is 24.9 Å². The van der Waals surface area contributed by atoms with Crippen LogP contribution in [0, 0.1) is 5.21 Å². The second kappa shape index (κ2) is 7.09. The van der Waals surface area contributed by atoms with Gasteiger partial charge in [-0.15, -0.1) is 0 Å². The standard InChI is InChI=1S/C19H24N2O4/c1-19(2,3)21(23)11-16(22)14-9-10-17-15(20-14)12-24-18(25-17)13-7-5-4-6-8-13/h4-10,16,18,21-22H,11-12H2,1-3H3. The molecule has 134 valence electrons. The summed E-state index contributed by atoms with van der Waals surface area (Å²) in [5.74, 6) is 0.637. The number of aliphatic hydroxyl groups excluding tert-OH is 1. The van der Waals surface area contributed by atoms with Crippen LogP contribution in [0.2, 0.25) is 0 Å². The Morgan fingerprint density at radius 2 is 1.96 bits per heavy atom. The minimum absolute atomic E-state index is 0.00355. The fraction of sp³-hybridized carbons (Fsp3) is 0.421. The number of hydrogen-bond donors (Lipinski definition) is 2. The molecule has 0 bridgehead atoms. The molecule has 25 heavy (non-hydrogen) atoms. The van der Waals surface area contributed by atoms with Gasteiger partial charge in [0, 0.05) is 5.56 Å². The predicted octanol–water partition coefficient (Wildman–Crippen LogP) is 1.90. The van der Waals surface area contributed by atoms with Crippen LogP contribution in [0.15, 0.2) is 42.5 Å². The number of nitrogens with zero attached hydrogens (tertiary/aromatic N) is 1. The number of pyridine rings is 1. The molecule has 3 atom stereocenters. The predicted molar refractivity (Wildman–Crippen MR) is 92.7 cm³/mol. The van der Waals surface area contributed by atoms with Crippen molar-refractivity contribution in [2.24, 2.45) is 0 Å². The van der Waals surface area contributed by atoms with Gasteiger partial charge in [0.15, 0.2) is 0 Å². The molecule has 3 unspecified atom stereocenters. The second-order valence-corrected chi connectivity index (χ2v) is 7.25. The number of rotatable bonds is 4. The zero-order valence-corrected chi connectivity index (χ0v) is 14.7. The molecule has 0 spiro atoms. The van der Waals surface area contributed by atoms with Crippen molar-refractivity contribution in [3.05, 3.63) is 64.6 Å². The number of hydroxylamine groups is 2. The van der Waals surface area contributed by atoms with E-state index in [9.17, 15) is 10.3 Å². The van der Waals surface area contributed by atoms with E-state index in [-0.39, 0.29) is 11.6 Å². The molecule has 0 fully saturated rings. The van der Waals surface area contributed by atoms with E-state index in [2.05, 4.69) is 4.98 Å². The zero-order chi connectivity index (χ0) is 18.0. The summed E-state index contributed by atoms with van der Waals surface area (Å²) in [6.45, 7) is 5.86. The zero-order valence-electron chi connectivity index (χ0n) is 14.7. The number of ether oxygens (including phenoxy) is 2. The monoisotopic (exact) mass is 344 g/mol. The Morgan fingerprint density at radius 1 is 1.24 bits per heavy atom. The lowest BCUT2D eigenvalue weighted by atomic mass is 10.1. The molecule has 6 heteroatoms. The molecule has 2 heterocycles. The Labute approximate surface area is 147 Å². The summed E-state index contributed by atoms with van der Waals surface area (Å²) in [5, 5.41) is 22.4. The summed E-state index contributed by atoms with van der Waals surface area (Å²) in [6.07, 6.45) is -1.39. The maximum atomic E-state index is 12.1. The van der Waals surface area contributed by atoms with Gasteiger partial charge in [-0.25, -0.2) is 4.98 Å². The Hall–Kier alpha value is -1.99. The van der Waals surface area contributed by atoms with Gasteiger partial charge in [-0.2, -0.15) is 0 Å². The van der Waals surface area contributed by atoms with Gasteiger partial charge in [-0.1, -0.05) is 30.3 Å². The summed E-state index contributed by atoms with van der Waals surface area (Å²) in [5.41, 5.74) is 1.55. The lowest BCUT2D eigenvalue weighted by Crippen LogP contribution is -3.15. The van der Waals surface area contributed by atoms with Crippen LogP contribution in [0.5, 0.6) is 5.75 Å². The third-order valence-corrected chi connectivity index (χ3v) is 4.19. The molecule has 1 aliphatic rings. The Morgan fingerprint density at radius 3 is 2.64 bits per heavy atom. The molecule has 0 amide bonds. The molecule has 2 N–H and O–H groups in total. The summed E-state index contributed by atoms with van der Waals surface area (Å²) >= 11 is 0. The molecule has 1 aliphatic heterocycles. The fourth-order valence-corrected chi connectivity index (χ4v) is 2.57. The van der Waals surface area contributed by atoms with Crippen LogP contribution in [-0.2, 0) is 11.3 Å². The number of nitrogens with one attached hydrogen (secondary N) is 1. The molecule has 0 saturated carbocycles. The minimum atomic E-state index is -0.927. The molecule has 3 rings (SSSR count). The highest BCUT2D eigenvalue weighted by molar-refractivity contribution is 5.32. The largest absolute Gasteiger partial charge is 0.634 e. The van der Waals surface area contributed by atoms with Gasteiger partial charge in [0.2, 0.25) is 6.29 Å². The molecule has 0 saturated heterocycles. The van der Waals surface area contributed by atoms with Crippen molar-refractivity contribution >= 4 is 0 Å². The average molecular weight is 344 g/mol. The van der Waals surface area contributed by atoms with Gasteiger partial charge in [0.05, 0.1) is 17.8 Å². The van der Waals surface area contributed by atoms with E-state index >= 15 is 0 Å². The fourth-order valence-electron chi connectivity index (χ4n) is 2.57. The second-order valence-electron chi connectivity index (χ2n) is 7.25. The van der Waals surface area contributed by atoms with Crippen LogP contribution in [-0.4, -0.2) is 22.2 Å². The third-order valence-electron chi connectivity index (χ3n) is 4.19. The van der Waals surface area contributed by atoms with Gasteiger partial charge >= 0.3 is 0 Å². The van der Waals surface area contributed by atoms with Crippen LogP contribution in [0.4, 0.5) is 0 Å². The van der Waals surface area contributed by atoms with Crippen LogP contribution in [0.3, 0.4) is 0 Å². The van der Waals surface area contributed by atoms with E-state index in [1.54, 1.807) is 12.1 Å². The first-order valence-electron chi connectivity index (χ1n) is 8.39. The summed E-state index contributed by atoms with van der Waals surface area (Å²) in [4.78, 5) is 4.42. The van der Waals surface area contributed by atoms with Crippen molar-refractivity contribution in [2.45, 2.75) is 45.3 Å². The number of aromatic nitrogens is 1. The van der Waals surface area contributed by atoms with E-state index in [0.717, 1.165) is 5.56 Å². The van der Waals surface area contributed by atoms with Crippen molar-refractivity contribution in [1.29, 1.82) is 0 Å². The quantitative estimate of drug-likeness (QED) is 0.828. The van der Waals surface area contributed by atoms with Crippen LogP contribution in [0.1, 0.15) is 50.1 Å². The molecule has 1 aromatic heterocycles. The molecule has 1 aromatic carbocycles. The number of aliphatic hydroxyl groups is 1. The molecule has 6 nitrogen and oxygen atoms in total. The van der Waals surface area contributed by atoms with Crippen molar-refractivity contribution in [3.8, 4) is 5.75 Å². The first-order chi connectivity index (χ1) is 11.8. The highest BCUT2D eigenvalue weighted by Crippen LogP contribution is 2.32. The van der Waals surface area contributed by atoms with Gasteiger partial charge in [0.1, 0.15) is 24.1 Å². The third kappa shape index (κ3) is 4.16. The van der Waals surface area contributed by atoms with E-state index in [1.165, 1.54) is 0 Å². The van der Waals surface area contributed by atoms with E-state index in [1.807, 2.05) is 51.1 Å². The molecular weight excluding hydrogens is 320 g/mol. The van der Waals surface area contributed by atoms with Crippen molar-refractivity contribution in [2.75, 3.05) is 6.54 Å². The van der Waals surface area contributed by atoms with E-state index < -0.39 is 17.9 Å². The SMILES string of the molecule is CC(C)(C)[NH+]([O-])CC(O)c1ccc2c(n1)COC(c1ccccc1)O2. The maximum Gasteiger partial charge on any atom is 0.227 e. The number of benzene rings is 1. The minimum Gasteiger partial charge on any atom is -0.634 e. The first kappa shape index (κ1) is 17.8. The first-order valence-corrected chi connectivity index (χ1v) is 8.39. The van der Waals surface area contributed by atoms with Gasteiger partial charge in [-0.05, 0) is 32.9 Å². The molecular formula is C19H24N2O4. The lowest BCUT2D eigenvalue weighted by Gasteiger charge is -2.36. The number of hydrogen-bond acceptors (Lipinski definition) is 5. The van der Waals surface area contributed by atoms with Crippen molar-refractivity contribution < 1.29 is 19.6 Å². The number of fused-ring (bicyclic) bond motifs is 1. The van der Waals surface area contributed by atoms with Crippen LogP contribution < -0.4 is 9.80 Å². The Bertz CT molecular complexity index is 715. The molecule has 0 aliphatic carbocycles. The van der Waals surface area contributed by atoms with E-state index in [4.69, 9.17) is 9.47 Å². The topological polar surface area (TPSA) is 79.1 Å². The summed E-state index contributed by atoms with van der Waals surface area (Å²) < 4.78 is 11.6. The summed E-state index contributed by atoms with van der Waals surface area (Å²) in [7, 11) is 0. The highest BCUT2D eigenvalue weighted by atomic mass is 16.7.